The van der Waals surface area contributed by atoms with Crippen molar-refractivity contribution in [1.82, 2.24) is 0 Å². The number of hydrogen-bond acceptors (Lipinski definition) is 6. The molecule has 0 spiro atoms. The van der Waals surface area contributed by atoms with Crippen molar-refractivity contribution in [3.63, 3.8) is 0 Å². The second kappa shape index (κ2) is 52.7. The molecular weight excluding hydrogens is 793 g/mol. The standard InChI is InChI=1S/C58H102O6/c1-4-7-10-13-16-19-22-25-27-28-29-30-31-34-36-39-42-45-48-51-57(60)63-54-55(53-62-56(59)50-47-44-41-38-35-32-24-21-18-15-12-9-6-3)64-58(61)52-49-46-43-40-37-33-26-23-20-17-14-11-8-5-2/h7,10,16,19,25,27,29-30,33,37,55H,4-6,8-9,11-15,17-18,20-24,26,28,31-32,34-36,38-54H2,1-3H3/b10-7-,19-16-,27-25-,30-29-,37-33-. The fourth-order valence-electron chi connectivity index (χ4n) is 7.66. The number of esters is 3. The third-order valence-electron chi connectivity index (χ3n) is 11.8. The van der Waals surface area contributed by atoms with Gasteiger partial charge in [0, 0.05) is 19.3 Å². The van der Waals surface area contributed by atoms with Gasteiger partial charge in [-0.3, -0.25) is 14.4 Å². The summed E-state index contributed by atoms with van der Waals surface area (Å²) in [4.78, 5) is 38.0. The van der Waals surface area contributed by atoms with Crippen molar-refractivity contribution >= 4 is 17.9 Å². The molecule has 0 amide bonds. The van der Waals surface area contributed by atoms with E-state index in [1.54, 1.807) is 0 Å². The molecule has 0 fully saturated rings. The Kier molecular flexibility index (Phi) is 50.4. The topological polar surface area (TPSA) is 78.9 Å². The zero-order chi connectivity index (χ0) is 46.5. The fourth-order valence-corrected chi connectivity index (χ4v) is 7.66. The van der Waals surface area contributed by atoms with Gasteiger partial charge in [0.25, 0.3) is 0 Å². The highest BCUT2D eigenvalue weighted by molar-refractivity contribution is 5.71. The molecule has 0 saturated heterocycles. The molecule has 0 bridgehead atoms. The second-order valence-corrected chi connectivity index (χ2v) is 18.1. The second-order valence-electron chi connectivity index (χ2n) is 18.1. The monoisotopic (exact) mass is 895 g/mol. The van der Waals surface area contributed by atoms with Gasteiger partial charge < -0.3 is 14.2 Å². The first-order valence-corrected chi connectivity index (χ1v) is 27.3. The van der Waals surface area contributed by atoms with E-state index in [2.05, 4.69) is 81.5 Å². The molecule has 0 aliphatic heterocycles. The molecule has 0 aliphatic carbocycles. The van der Waals surface area contributed by atoms with Crippen LogP contribution in [0.3, 0.4) is 0 Å². The van der Waals surface area contributed by atoms with Gasteiger partial charge in [-0.05, 0) is 83.5 Å². The number of carbonyl (C=O) groups is 3. The lowest BCUT2D eigenvalue weighted by Gasteiger charge is -2.18. The van der Waals surface area contributed by atoms with Crippen molar-refractivity contribution < 1.29 is 28.6 Å². The lowest BCUT2D eigenvalue weighted by molar-refractivity contribution is -0.167. The van der Waals surface area contributed by atoms with E-state index < -0.39 is 6.10 Å². The maximum absolute atomic E-state index is 12.8. The van der Waals surface area contributed by atoms with E-state index in [1.807, 2.05) is 0 Å². The van der Waals surface area contributed by atoms with E-state index >= 15 is 0 Å². The van der Waals surface area contributed by atoms with E-state index in [0.717, 1.165) is 103 Å². The van der Waals surface area contributed by atoms with Gasteiger partial charge >= 0.3 is 17.9 Å². The summed E-state index contributed by atoms with van der Waals surface area (Å²) in [5.74, 6) is -0.905. The molecule has 0 aromatic rings. The summed E-state index contributed by atoms with van der Waals surface area (Å²) in [5, 5.41) is 0. The van der Waals surface area contributed by atoms with Gasteiger partial charge in [0.2, 0.25) is 0 Å². The van der Waals surface area contributed by atoms with Gasteiger partial charge in [0.05, 0.1) is 0 Å². The van der Waals surface area contributed by atoms with E-state index in [0.29, 0.717) is 19.3 Å². The van der Waals surface area contributed by atoms with Crippen LogP contribution in [0.4, 0.5) is 0 Å². The average Bonchev–Trinajstić information content (AvgIpc) is 3.29. The summed E-state index contributed by atoms with van der Waals surface area (Å²) < 4.78 is 16.8. The molecule has 6 nitrogen and oxygen atoms in total. The zero-order valence-electron chi connectivity index (χ0n) is 42.3. The van der Waals surface area contributed by atoms with Gasteiger partial charge in [-0.1, -0.05) is 229 Å². The Hall–Kier alpha value is -2.89. The largest absolute Gasteiger partial charge is 0.462 e. The Morgan fingerprint density at radius 3 is 0.984 bits per heavy atom. The molecular formula is C58H102O6. The van der Waals surface area contributed by atoms with Crippen molar-refractivity contribution in [1.29, 1.82) is 0 Å². The first-order chi connectivity index (χ1) is 31.5. The molecule has 370 valence electrons. The summed E-state index contributed by atoms with van der Waals surface area (Å²) in [6.45, 7) is 6.51. The normalized spacial score (nSPS) is 12.5. The third-order valence-corrected chi connectivity index (χ3v) is 11.8. The number of rotatable bonds is 49. The highest BCUT2D eigenvalue weighted by Crippen LogP contribution is 2.15. The summed E-state index contributed by atoms with van der Waals surface area (Å²) in [7, 11) is 0. The van der Waals surface area contributed by atoms with E-state index in [9.17, 15) is 14.4 Å². The summed E-state index contributed by atoms with van der Waals surface area (Å²) in [6, 6.07) is 0. The number of ether oxygens (including phenoxy) is 3. The molecule has 0 heterocycles. The number of hydrogen-bond donors (Lipinski definition) is 0. The van der Waals surface area contributed by atoms with Crippen LogP contribution in [0, 0.1) is 0 Å². The highest BCUT2D eigenvalue weighted by Gasteiger charge is 2.19. The zero-order valence-corrected chi connectivity index (χ0v) is 42.3. The Balaban J connectivity index is 4.39. The molecule has 1 atom stereocenters. The molecule has 0 rings (SSSR count). The highest BCUT2D eigenvalue weighted by atomic mass is 16.6. The maximum atomic E-state index is 12.8. The molecule has 0 aromatic carbocycles. The Morgan fingerprint density at radius 1 is 0.328 bits per heavy atom. The van der Waals surface area contributed by atoms with Gasteiger partial charge in [-0.25, -0.2) is 0 Å². The van der Waals surface area contributed by atoms with E-state index in [1.165, 1.54) is 128 Å². The molecule has 6 heteroatoms. The van der Waals surface area contributed by atoms with Gasteiger partial charge in [0.1, 0.15) is 13.2 Å². The lowest BCUT2D eigenvalue weighted by atomic mass is 10.0. The molecule has 0 saturated carbocycles. The quantitative estimate of drug-likeness (QED) is 0.0262. The lowest BCUT2D eigenvalue weighted by Crippen LogP contribution is -2.30. The van der Waals surface area contributed by atoms with Gasteiger partial charge in [-0.15, -0.1) is 0 Å². The SMILES string of the molecule is CC/C=C\C/C=C\C/C=C\C/C=C\CCCCCCCCC(=O)OCC(COC(=O)CCCCCCCCCCCCCCC)OC(=O)CCCCC/C=C\CCCCCCCCC. The van der Waals surface area contributed by atoms with Crippen LogP contribution < -0.4 is 0 Å². The predicted octanol–water partition coefficient (Wildman–Crippen LogP) is 18.0. The minimum atomic E-state index is -0.785. The molecule has 0 aliphatic rings. The number of carbonyl (C=O) groups excluding carboxylic acids is 3. The maximum Gasteiger partial charge on any atom is 0.306 e. The summed E-state index contributed by atoms with van der Waals surface area (Å²) in [5.41, 5.74) is 0. The average molecular weight is 895 g/mol. The van der Waals surface area contributed by atoms with Crippen molar-refractivity contribution in [2.24, 2.45) is 0 Å². The van der Waals surface area contributed by atoms with Crippen molar-refractivity contribution in [3.8, 4) is 0 Å². The van der Waals surface area contributed by atoms with Crippen LogP contribution in [0.1, 0.15) is 271 Å². The van der Waals surface area contributed by atoms with Crippen LogP contribution in [0.25, 0.3) is 0 Å². The molecule has 0 radical (unpaired) electrons. The minimum absolute atomic E-state index is 0.0826. The predicted molar refractivity (Wildman–Crippen MR) is 275 cm³/mol. The van der Waals surface area contributed by atoms with E-state index in [4.69, 9.17) is 14.2 Å². The van der Waals surface area contributed by atoms with Crippen LogP contribution in [-0.2, 0) is 28.6 Å². The first kappa shape index (κ1) is 61.1. The third kappa shape index (κ3) is 50.1. The van der Waals surface area contributed by atoms with Gasteiger partial charge in [-0.2, -0.15) is 0 Å². The Labute approximate surface area is 396 Å². The van der Waals surface area contributed by atoms with Crippen LogP contribution >= 0.6 is 0 Å². The van der Waals surface area contributed by atoms with Crippen LogP contribution in [-0.4, -0.2) is 37.2 Å². The van der Waals surface area contributed by atoms with Crippen molar-refractivity contribution in [2.45, 2.75) is 277 Å². The summed E-state index contributed by atoms with van der Waals surface area (Å²) in [6.07, 6.45) is 64.9. The fraction of sp³-hybridized carbons (Fsp3) is 0.776. The molecule has 64 heavy (non-hydrogen) atoms. The van der Waals surface area contributed by atoms with Crippen LogP contribution in [0.5, 0.6) is 0 Å². The summed E-state index contributed by atoms with van der Waals surface area (Å²) >= 11 is 0. The molecule has 1 unspecified atom stereocenters. The number of allylic oxidation sites excluding steroid dienone is 10. The first-order valence-electron chi connectivity index (χ1n) is 27.3. The minimum Gasteiger partial charge on any atom is -0.462 e. The van der Waals surface area contributed by atoms with Gasteiger partial charge in [0.15, 0.2) is 6.10 Å². The molecule has 0 aromatic heterocycles. The van der Waals surface area contributed by atoms with Crippen LogP contribution in [0.2, 0.25) is 0 Å². The van der Waals surface area contributed by atoms with Crippen molar-refractivity contribution in [2.75, 3.05) is 13.2 Å². The van der Waals surface area contributed by atoms with Crippen molar-refractivity contribution in [3.05, 3.63) is 60.8 Å². The Bertz CT molecular complexity index is 1170. The van der Waals surface area contributed by atoms with Crippen LogP contribution in [0.15, 0.2) is 60.8 Å². The smallest absolute Gasteiger partial charge is 0.306 e. The number of unbranched alkanes of at least 4 members (excludes halogenated alkanes) is 28. The van der Waals surface area contributed by atoms with E-state index in [-0.39, 0.29) is 31.1 Å². The Morgan fingerprint density at radius 2 is 0.609 bits per heavy atom. The molecule has 0 N–H and O–H groups in total.